The summed E-state index contributed by atoms with van der Waals surface area (Å²) in [6.45, 7) is 3.80. The predicted molar refractivity (Wildman–Crippen MR) is 111 cm³/mol. The van der Waals surface area contributed by atoms with E-state index in [2.05, 4.69) is 23.5 Å². The smallest absolute Gasteiger partial charge is 0.253 e. The molecule has 3 aromatic carbocycles. The first-order valence-electron chi connectivity index (χ1n) is 9.67. The van der Waals surface area contributed by atoms with Crippen molar-refractivity contribution in [2.45, 2.75) is 6.61 Å². The van der Waals surface area contributed by atoms with Crippen molar-refractivity contribution in [2.75, 3.05) is 26.2 Å². The Morgan fingerprint density at radius 2 is 1.61 bits per heavy atom. The first-order valence-corrected chi connectivity index (χ1v) is 9.67. The summed E-state index contributed by atoms with van der Waals surface area (Å²) in [5.41, 5.74) is 4.03. The number of carbonyl (C=O) groups is 1. The average molecular weight is 372 g/mol. The number of hydrogen-bond acceptors (Lipinski definition) is 3. The molecule has 4 heteroatoms. The lowest BCUT2D eigenvalue weighted by molar-refractivity contribution is 0.0736. The number of amides is 1. The highest BCUT2D eigenvalue weighted by Gasteiger charge is 2.17. The maximum Gasteiger partial charge on any atom is 0.253 e. The Morgan fingerprint density at radius 1 is 0.857 bits per heavy atom. The van der Waals surface area contributed by atoms with Gasteiger partial charge < -0.3 is 15.0 Å². The number of rotatable bonds is 5. The molecule has 1 heterocycles. The summed E-state index contributed by atoms with van der Waals surface area (Å²) in [5.74, 6) is 0.940. The highest BCUT2D eigenvalue weighted by Crippen LogP contribution is 2.25. The molecular formula is C24H24N2O2. The van der Waals surface area contributed by atoms with Gasteiger partial charge in [0.15, 0.2) is 0 Å². The van der Waals surface area contributed by atoms with Gasteiger partial charge in [0.2, 0.25) is 0 Å². The lowest BCUT2D eigenvalue weighted by atomic mass is 10.0. The summed E-state index contributed by atoms with van der Waals surface area (Å²) in [7, 11) is 0. The molecule has 142 valence electrons. The minimum Gasteiger partial charge on any atom is -0.489 e. The van der Waals surface area contributed by atoms with Crippen LogP contribution < -0.4 is 10.1 Å². The molecule has 1 fully saturated rings. The van der Waals surface area contributed by atoms with Crippen LogP contribution in [0.25, 0.3) is 11.1 Å². The Labute approximate surface area is 165 Å². The highest BCUT2D eigenvalue weighted by atomic mass is 16.5. The second kappa shape index (κ2) is 8.72. The van der Waals surface area contributed by atoms with Gasteiger partial charge in [-0.3, -0.25) is 4.79 Å². The van der Waals surface area contributed by atoms with E-state index in [0.29, 0.717) is 6.61 Å². The largest absolute Gasteiger partial charge is 0.489 e. The molecule has 1 aliphatic rings. The van der Waals surface area contributed by atoms with Crippen molar-refractivity contribution in [3.05, 3.63) is 90.0 Å². The van der Waals surface area contributed by atoms with E-state index in [-0.39, 0.29) is 5.91 Å². The molecule has 0 aliphatic carbocycles. The molecule has 0 radical (unpaired) electrons. The zero-order valence-electron chi connectivity index (χ0n) is 15.8. The van der Waals surface area contributed by atoms with Gasteiger partial charge in [-0.1, -0.05) is 54.6 Å². The van der Waals surface area contributed by atoms with E-state index in [1.165, 1.54) is 0 Å². The van der Waals surface area contributed by atoms with Gasteiger partial charge in [-0.2, -0.15) is 0 Å². The summed E-state index contributed by atoms with van der Waals surface area (Å²) in [4.78, 5) is 14.5. The van der Waals surface area contributed by atoms with Gasteiger partial charge in [-0.05, 0) is 41.0 Å². The third-order valence-corrected chi connectivity index (χ3v) is 4.95. The molecule has 1 saturated heterocycles. The fourth-order valence-electron chi connectivity index (χ4n) is 3.36. The Hall–Kier alpha value is -3.11. The zero-order chi connectivity index (χ0) is 19.2. The standard InChI is InChI=1S/C24H24N2O2/c27-24(26-15-13-25-14-16-26)21-11-9-20(10-12-21)22-7-4-8-23(17-22)28-18-19-5-2-1-3-6-19/h1-12,17,25H,13-16,18H2. The minimum absolute atomic E-state index is 0.105. The summed E-state index contributed by atoms with van der Waals surface area (Å²) in [5, 5.41) is 3.27. The van der Waals surface area contributed by atoms with Gasteiger partial charge in [-0.25, -0.2) is 0 Å². The maximum atomic E-state index is 12.6. The summed E-state index contributed by atoms with van der Waals surface area (Å²) >= 11 is 0. The Kier molecular flexibility index (Phi) is 5.69. The Morgan fingerprint density at radius 3 is 2.36 bits per heavy atom. The van der Waals surface area contributed by atoms with Crippen LogP contribution in [0.1, 0.15) is 15.9 Å². The van der Waals surface area contributed by atoms with E-state index in [1.54, 1.807) is 0 Å². The molecule has 28 heavy (non-hydrogen) atoms. The lowest BCUT2D eigenvalue weighted by Crippen LogP contribution is -2.46. The third kappa shape index (κ3) is 4.41. The summed E-state index contributed by atoms with van der Waals surface area (Å²) in [6, 6.07) is 26.0. The van der Waals surface area contributed by atoms with Gasteiger partial charge in [0, 0.05) is 31.7 Å². The second-order valence-corrected chi connectivity index (χ2v) is 6.92. The van der Waals surface area contributed by atoms with Crippen molar-refractivity contribution < 1.29 is 9.53 Å². The topological polar surface area (TPSA) is 41.6 Å². The normalized spacial score (nSPS) is 13.9. The number of benzene rings is 3. The molecule has 0 atom stereocenters. The van der Waals surface area contributed by atoms with Crippen molar-refractivity contribution >= 4 is 5.91 Å². The number of carbonyl (C=O) groups excluding carboxylic acids is 1. The SMILES string of the molecule is O=C(c1ccc(-c2cccc(OCc3ccccc3)c2)cc1)N1CCNCC1. The molecule has 4 nitrogen and oxygen atoms in total. The predicted octanol–water partition coefficient (Wildman–Crippen LogP) is 3.98. The van der Waals surface area contributed by atoms with Crippen LogP contribution in [-0.4, -0.2) is 37.0 Å². The molecule has 0 spiro atoms. The first kappa shape index (κ1) is 18.3. The van der Waals surface area contributed by atoms with E-state index in [0.717, 1.165) is 54.2 Å². The molecular weight excluding hydrogens is 348 g/mol. The summed E-state index contributed by atoms with van der Waals surface area (Å²) < 4.78 is 5.93. The number of nitrogens with zero attached hydrogens (tertiary/aromatic N) is 1. The van der Waals surface area contributed by atoms with E-state index in [9.17, 15) is 4.79 Å². The van der Waals surface area contributed by atoms with Crippen molar-refractivity contribution in [3.63, 3.8) is 0 Å². The monoisotopic (exact) mass is 372 g/mol. The van der Waals surface area contributed by atoms with Crippen LogP contribution in [-0.2, 0) is 6.61 Å². The summed E-state index contributed by atoms with van der Waals surface area (Å²) in [6.07, 6.45) is 0. The van der Waals surface area contributed by atoms with Crippen LogP contribution >= 0.6 is 0 Å². The second-order valence-electron chi connectivity index (χ2n) is 6.92. The molecule has 3 aromatic rings. The zero-order valence-corrected chi connectivity index (χ0v) is 15.8. The van der Waals surface area contributed by atoms with Gasteiger partial charge in [0.1, 0.15) is 12.4 Å². The average Bonchev–Trinajstić information content (AvgIpc) is 2.79. The van der Waals surface area contributed by atoms with Crippen molar-refractivity contribution in [1.82, 2.24) is 10.2 Å². The van der Waals surface area contributed by atoms with Crippen LogP contribution in [0.15, 0.2) is 78.9 Å². The van der Waals surface area contributed by atoms with E-state index in [4.69, 9.17) is 4.74 Å². The lowest BCUT2D eigenvalue weighted by Gasteiger charge is -2.27. The van der Waals surface area contributed by atoms with Crippen LogP contribution in [0.5, 0.6) is 5.75 Å². The van der Waals surface area contributed by atoms with E-state index >= 15 is 0 Å². The van der Waals surface area contributed by atoms with Crippen LogP contribution in [0.4, 0.5) is 0 Å². The minimum atomic E-state index is 0.105. The van der Waals surface area contributed by atoms with Crippen LogP contribution in [0.2, 0.25) is 0 Å². The van der Waals surface area contributed by atoms with Gasteiger partial charge in [-0.15, -0.1) is 0 Å². The molecule has 0 aromatic heterocycles. The van der Waals surface area contributed by atoms with Gasteiger partial charge >= 0.3 is 0 Å². The van der Waals surface area contributed by atoms with Crippen LogP contribution in [0, 0.1) is 0 Å². The molecule has 0 unspecified atom stereocenters. The fourth-order valence-corrected chi connectivity index (χ4v) is 3.36. The Bertz CT molecular complexity index is 917. The molecule has 1 amide bonds. The van der Waals surface area contributed by atoms with Crippen LogP contribution in [0.3, 0.4) is 0 Å². The molecule has 1 aliphatic heterocycles. The number of ether oxygens (including phenoxy) is 1. The van der Waals surface area contributed by atoms with E-state index in [1.807, 2.05) is 65.6 Å². The third-order valence-electron chi connectivity index (χ3n) is 4.95. The number of piperazine rings is 1. The van der Waals surface area contributed by atoms with Crippen molar-refractivity contribution in [1.29, 1.82) is 0 Å². The quantitative estimate of drug-likeness (QED) is 0.737. The highest BCUT2D eigenvalue weighted by molar-refractivity contribution is 5.94. The number of hydrogen-bond donors (Lipinski definition) is 1. The number of nitrogens with one attached hydrogen (secondary N) is 1. The van der Waals surface area contributed by atoms with Gasteiger partial charge in [0.05, 0.1) is 0 Å². The fraction of sp³-hybridized carbons (Fsp3) is 0.208. The molecule has 0 saturated carbocycles. The first-order chi connectivity index (χ1) is 13.8. The van der Waals surface area contributed by atoms with E-state index < -0.39 is 0 Å². The van der Waals surface area contributed by atoms with Crippen molar-refractivity contribution in [2.24, 2.45) is 0 Å². The van der Waals surface area contributed by atoms with Gasteiger partial charge in [0.25, 0.3) is 5.91 Å². The molecule has 1 N–H and O–H groups in total. The van der Waals surface area contributed by atoms with Crippen molar-refractivity contribution in [3.8, 4) is 16.9 Å². The Balaban J connectivity index is 1.44. The maximum absolute atomic E-state index is 12.6. The molecule has 4 rings (SSSR count). The molecule has 0 bridgehead atoms.